The smallest absolute Gasteiger partial charge is 0.165 e. The van der Waals surface area contributed by atoms with Crippen molar-refractivity contribution in [3.05, 3.63) is 29.8 Å². The molecule has 0 spiro atoms. The van der Waals surface area contributed by atoms with E-state index < -0.39 is 10.8 Å². The van der Waals surface area contributed by atoms with Crippen LogP contribution in [0.1, 0.15) is 23.7 Å². The van der Waals surface area contributed by atoms with Crippen molar-refractivity contribution in [1.82, 2.24) is 0 Å². The quantitative estimate of drug-likeness (QED) is 0.630. The van der Waals surface area contributed by atoms with Crippen molar-refractivity contribution < 1.29 is 9.00 Å². The SMILES string of the molecule is C[C@@H]1CC(=O)c2ccccc2[S@@]1=O. The highest BCUT2D eigenvalue weighted by molar-refractivity contribution is 7.86. The first-order valence-electron chi connectivity index (χ1n) is 4.23. The van der Waals surface area contributed by atoms with E-state index in [9.17, 15) is 9.00 Å². The molecule has 0 radical (unpaired) electrons. The monoisotopic (exact) mass is 194 g/mol. The summed E-state index contributed by atoms with van der Waals surface area (Å²) in [4.78, 5) is 12.2. The van der Waals surface area contributed by atoms with Crippen LogP contribution in [0.5, 0.6) is 0 Å². The average Bonchev–Trinajstić information content (AvgIpc) is 2.15. The highest BCUT2D eigenvalue weighted by Crippen LogP contribution is 2.25. The van der Waals surface area contributed by atoms with Crippen molar-refractivity contribution in [2.45, 2.75) is 23.5 Å². The molecule has 1 aromatic carbocycles. The number of Topliss-reactive ketones (excluding diaryl/α,β-unsaturated/α-hetero) is 1. The molecule has 0 N–H and O–H groups in total. The van der Waals surface area contributed by atoms with Crippen molar-refractivity contribution >= 4 is 16.6 Å². The fourth-order valence-electron chi connectivity index (χ4n) is 1.54. The van der Waals surface area contributed by atoms with Gasteiger partial charge in [0.25, 0.3) is 0 Å². The third kappa shape index (κ3) is 1.33. The summed E-state index contributed by atoms with van der Waals surface area (Å²) in [5, 5.41) is -0.0394. The maximum atomic E-state index is 11.7. The molecule has 2 nitrogen and oxygen atoms in total. The van der Waals surface area contributed by atoms with E-state index in [0.717, 1.165) is 0 Å². The molecule has 1 heterocycles. The molecule has 0 saturated carbocycles. The predicted molar refractivity (Wildman–Crippen MR) is 51.3 cm³/mol. The van der Waals surface area contributed by atoms with Gasteiger partial charge in [0.15, 0.2) is 5.78 Å². The Morgan fingerprint density at radius 3 is 2.85 bits per heavy atom. The minimum atomic E-state index is -1.00. The highest BCUT2D eigenvalue weighted by atomic mass is 32.2. The summed E-state index contributed by atoms with van der Waals surface area (Å²) in [6, 6.07) is 7.16. The fourth-order valence-corrected chi connectivity index (χ4v) is 2.88. The van der Waals surface area contributed by atoms with E-state index in [2.05, 4.69) is 0 Å². The van der Waals surface area contributed by atoms with E-state index in [4.69, 9.17) is 0 Å². The Bertz CT molecular complexity index is 384. The van der Waals surface area contributed by atoms with Crippen LogP contribution in [0.15, 0.2) is 29.2 Å². The van der Waals surface area contributed by atoms with Gasteiger partial charge >= 0.3 is 0 Å². The zero-order valence-corrected chi connectivity index (χ0v) is 8.14. The zero-order valence-electron chi connectivity index (χ0n) is 7.32. The van der Waals surface area contributed by atoms with Crippen molar-refractivity contribution in [3.63, 3.8) is 0 Å². The van der Waals surface area contributed by atoms with Crippen molar-refractivity contribution in [1.29, 1.82) is 0 Å². The topological polar surface area (TPSA) is 34.1 Å². The Morgan fingerprint density at radius 2 is 2.08 bits per heavy atom. The minimum absolute atomic E-state index is 0.0394. The van der Waals surface area contributed by atoms with Crippen LogP contribution >= 0.6 is 0 Å². The molecule has 0 unspecified atom stereocenters. The van der Waals surface area contributed by atoms with Crippen LogP contribution in [-0.4, -0.2) is 15.2 Å². The molecule has 0 saturated heterocycles. The number of carbonyl (C=O) groups excluding carboxylic acids is 1. The lowest BCUT2D eigenvalue weighted by atomic mass is 10.1. The van der Waals surface area contributed by atoms with E-state index >= 15 is 0 Å². The molecule has 0 aliphatic carbocycles. The number of fused-ring (bicyclic) bond motifs is 1. The van der Waals surface area contributed by atoms with Gasteiger partial charge in [-0.2, -0.15) is 0 Å². The molecule has 3 heteroatoms. The van der Waals surface area contributed by atoms with Crippen LogP contribution in [0.25, 0.3) is 0 Å². The predicted octanol–water partition coefficient (Wildman–Crippen LogP) is 1.77. The summed E-state index contributed by atoms with van der Waals surface area (Å²) in [7, 11) is -1.00. The van der Waals surface area contributed by atoms with Gasteiger partial charge in [-0.15, -0.1) is 0 Å². The van der Waals surface area contributed by atoms with E-state index in [-0.39, 0.29) is 11.0 Å². The molecule has 0 fully saturated rings. The number of hydrogen-bond acceptors (Lipinski definition) is 2. The number of carbonyl (C=O) groups is 1. The lowest BCUT2D eigenvalue weighted by molar-refractivity contribution is 0.0977. The Labute approximate surface area is 79.4 Å². The summed E-state index contributed by atoms with van der Waals surface area (Å²) < 4.78 is 11.7. The molecule has 2 atom stereocenters. The van der Waals surface area contributed by atoms with Gasteiger partial charge in [-0.1, -0.05) is 25.1 Å². The number of ketones is 1. The van der Waals surface area contributed by atoms with Gasteiger partial charge in [-0.05, 0) is 6.07 Å². The van der Waals surface area contributed by atoms with Gasteiger partial charge in [-0.25, -0.2) is 0 Å². The largest absolute Gasteiger partial charge is 0.294 e. The summed E-state index contributed by atoms with van der Waals surface area (Å²) in [5.41, 5.74) is 0.638. The van der Waals surface area contributed by atoms with Crippen molar-refractivity contribution in [2.75, 3.05) is 0 Å². The van der Waals surface area contributed by atoms with Crippen LogP contribution < -0.4 is 0 Å². The summed E-state index contributed by atoms with van der Waals surface area (Å²) in [6.45, 7) is 1.85. The van der Waals surface area contributed by atoms with Gasteiger partial charge in [0.1, 0.15) is 0 Å². The van der Waals surface area contributed by atoms with Gasteiger partial charge in [0.05, 0.1) is 10.8 Å². The maximum Gasteiger partial charge on any atom is 0.165 e. The molecule has 1 aliphatic rings. The lowest BCUT2D eigenvalue weighted by Gasteiger charge is -2.19. The normalized spacial score (nSPS) is 27.0. The zero-order chi connectivity index (χ0) is 9.42. The van der Waals surface area contributed by atoms with Gasteiger partial charge in [0, 0.05) is 22.1 Å². The molecular weight excluding hydrogens is 184 g/mol. The van der Waals surface area contributed by atoms with Crippen LogP contribution in [0.2, 0.25) is 0 Å². The molecule has 0 aromatic heterocycles. The third-order valence-corrected chi connectivity index (χ3v) is 3.93. The van der Waals surface area contributed by atoms with Gasteiger partial charge in [0.2, 0.25) is 0 Å². The summed E-state index contributed by atoms with van der Waals surface area (Å²) in [6.07, 6.45) is 0.406. The van der Waals surface area contributed by atoms with Gasteiger partial charge in [-0.3, -0.25) is 9.00 Å². The van der Waals surface area contributed by atoms with Crippen molar-refractivity contribution in [3.8, 4) is 0 Å². The molecular formula is C10H10O2S. The molecule has 0 bridgehead atoms. The van der Waals surface area contributed by atoms with E-state index in [1.54, 1.807) is 12.1 Å². The highest BCUT2D eigenvalue weighted by Gasteiger charge is 2.27. The number of rotatable bonds is 0. The first kappa shape index (κ1) is 8.63. The van der Waals surface area contributed by atoms with Crippen LogP contribution in [0, 0.1) is 0 Å². The average molecular weight is 194 g/mol. The Balaban J connectivity index is 2.60. The second-order valence-corrected chi connectivity index (χ2v) is 5.07. The molecule has 68 valence electrons. The van der Waals surface area contributed by atoms with Gasteiger partial charge < -0.3 is 0 Å². The fraction of sp³-hybridized carbons (Fsp3) is 0.300. The number of hydrogen-bond donors (Lipinski definition) is 0. The van der Waals surface area contributed by atoms with E-state index in [0.29, 0.717) is 16.9 Å². The van der Waals surface area contributed by atoms with Crippen LogP contribution in [0.3, 0.4) is 0 Å². The molecule has 0 amide bonds. The van der Waals surface area contributed by atoms with Crippen molar-refractivity contribution in [2.24, 2.45) is 0 Å². The standard InChI is InChI=1S/C10H10O2S/c1-7-6-9(11)8-4-2-3-5-10(8)13(7)12/h2-5,7H,6H2,1H3/t7-,13-/m1/s1. The number of benzene rings is 1. The van der Waals surface area contributed by atoms with E-state index in [1.165, 1.54) is 0 Å². The maximum absolute atomic E-state index is 11.7. The molecule has 1 aliphatic heterocycles. The Kier molecular flexibility index (Phi) is 2.04. The van der Waals surface area contributed by atoms with E-state index in [1.807, 2.05) is 19.1 Å². The second kappa shape index (κ2) is 3.07. The Hall–Kier alpha value is -0.960. The molecule has 13 heavy (non-hydrogen) atoms. The Morgan fingerprint density at radius 1 is 1.38 bits per heavy atom. The van der Waals surface area contributed by atoms with Crippen LogP contribution in [-0.2, 0) is 10.8 Å². The molecule has 1 aromatic rings. The molecule has 2 rings (SSSR count). The first-order chi connectivity index (χ1) is 6.20. The minimum Gasteiger partial charge on any atom is -0.294 e. The third-order valence-electron chi connectivity index (χ3n) is 2.24. The first-order valence-corrected chi connectivity index (χ1v) is 5.44. The van der Waals surface area contributed by atoms with Crippen LogP contribution in [0.4, 0.5) is 0 Å². The second-order valence-electron chi connectivity index (χ2n) is 3.23. The lowest BCUT2D eigenvalue weighted by Crippen LogP contribution is -2.24. The summed E-state index contributed by atoms with van der Waals surface area (Å²) >= 11 is 0. The summed E-state index contributed by atoms with van der Waals surface area (Å²) in [5.74, 6) is 0.114.